The fourth-order valence-electron chi connectivity index (χ4n) is 1.19. The Labute approximate surface area is 84.7 Å². The Hall–Kier alpha value is -2.17. The van der Waals surface area contributed by atoms with Crippen molar-refractivity contribution in [2.45, 2.75) is 0 Å². The lowest BCUT2D eigenvalue weighted by molar-refractivity contribution is -0.105. The average molecular weight is 206 g/mol. The molecule has 4 nitrogen and oxygen atoms in total. The van der Waals surface area contributed by atoms with E-state index in [9.17, 15) is 9.18 Å². The molecule has 15 heavy (non-hydrogen) atoms. The van der Waals surface area contributed by atoms with Gasteiger partial charge in [0.05, 0.1) is 0 Å². The maximum atomic E-state index is 12.9. The Kier molecular flexibility index (Phi) is 2.45. The molecule has 2 rings (SSSR count). The van der Waals surface area contributed by atoms with Crippen LogP contribution in [0.2, 0.25) is 0 Å². The van der Waals surface area contributed by atoms with E-state index < -0.39 is 0 Å². The topological polar surface area (TPSA) is 55.1 Å². The maximum absolute atomic E-state index is 12.9. The molecule has 1 heterocycles. The normalized spacial score (nSPS) is 9.93. The van der Waals surface area contributed by atoms with Crippen LogP contribution in [0.3, 0.4) is 0 Å². The highest BCUT2D eigenvalue weighted by Crippen LogP contribution is 2.21. The molecule has 0 unspecified atom stereocenters. The van der Waals surface area contributed by atoms with E-state index in [1.807, 2.05) is 0 Å². The summed E-state index contributed by atoms with van der Waals surface area (Å²) in [4.78, 5) is 10.1. The second-order valence-corrected chi connectivity index (χ2v) is 2.85. The van der Waals surface area contributed by atoms with Crippen molar-refractivity contribution in [3.05, 3.63) is 36.1 Å². The molecular formula is C10H7FN2O2. The number of hydrogen-bond acceptors (Lipinski definition) is 3. The summed E-state index contributed by atoms with van der Waals surface area (Å²) in [5.74, 6) is -0.121. The summed E-state index contributed by atoms with van der Waals surface area (Å²) >= 11 is 0. The lowest BCUT2D eigenvalue weighted by atomic mass is 10.1. The Morgan fingerprint density at radius 3 is 3.00 bits per heavy atom. The zero-order valence-corrected chi connectivity index (χ0v) is 7.61. The van der Waals surface area contributed by atoms with Crippen LogP contribution in [-0.2, 0) is 4.79 Å². The van der Waals surface area contributed by atoms with Crippen molar-refractivity contribution in [2.24, 2.45) is 0 Å². The summed E-state index contributed by atoms with van der Waals surface area (Å²) in [7, 11) is 0. The lowest BCUT2D eigenvalue weighted by Crippen LogP contribution is -1.90. The largest absolute Gasteiger partial charge is 0.338 e. The first-order valence-electron chi connectivity index (χ1n) is 4.22. The summed E-state index contributed by atoms with van der Waals surface area (Å²) < 4.78 is 17.7. The van der Waals surface area contributed by atoms with Gasteiger partial charge in [-0.25, -0.2) is 4.39 Å². The van der Waals surface area contributed by atoms with Gasteiger partial charge in [-0.2, -0.15) is 0 Å². The summed E-state index contributed by atoms with van der Waals surface area (Å²) in [6, 6.07) is 7.47. The van der Waals surface area contributed by atoms with Gasteiger partial charge in [0.2, 0.25) is 12.3 Å². The molecule has 0 saturated carbocycles. The van der Waals surface area contributed by atoms with Crippen molar-refractivity contribution in [3.8, 4) is 11.3 Å². The van der Waals surface area contributed by atoms with E-state index in [4.69, 9.17) is 4.52 Å². The minimum absolute atomic E-state index is 0.226. The zero-order valence-electron chi connectivity index (χ0n) is 7.61. The number of aromatic nitrogens is 1. The molecule has 2 aromatic rings. The van der Waals surface area contributed by atoms with Gasteiger partial charge in [0.1, 0.15) is 11.5 Å². The molecule has 1 N–H and O–H groups in total. The first-order chi connectivity index (χ1) is 7.29. The molecule has 1 aromatic heterocycles. The van der Waals surface area contributed by atoms with Gasteiger partial charge in [-0.05, 0) is 12.1 Å². The molecule has 0 radical (unpaired) electrons. The van der Waals surface area contributed by atoms with Gasteiger partial charge in [0, 0.05) is 11.6 Å². The molecule has 0 atom stereocenters. The molecule has 0 bridgehead atoms. The number of hydrogen-bond donors (Lipinski definition) is 1. The summed E-state index contributed by atoms with van der Waals surface area (Å²) in [6.07, 6.45) is 0.482. The summed E-state index contributed by atoms with van der Waals surface area (Å²) in [5.41, 5.74) is 1.07. The third-order valence-electron chi connectivity index (χ3n) is 1.83. The number of carbonyl (C=O) groups excluding carboxylic acids is 1. The monoisotopic (exact) mass is 206 g/mol. The minimum atomic E-state index is -0.347. The lowest BCUT2D eigenvalue weighted by Gasteiger charge is -1.93. The summed E-state index contributed by atoms with van der Waals surface area (Å²) in [5, 5.41) is 5.99. The van der Waals surface area contributed by atoms with E-state index in [-0.39, 0.29) is 11.7 Å². The van der Waals surface area contributed by atoms with Crippen molar-refractivity contribution in [1.82, 2.24) is 5.16 Å². The molecule has 0 aliphatic rings. The van der Waals surface area contributed by atoms with E-state index in [1.165, 1.54) is 18.2 Å². The number of rotatable bonds is 3. The van der Waals surface area contributed by atoms with E-state index >= 15 is 0 Å². The van der Waals surface area contributed by atoms with Crippen molar-refractivity contribution in [1.29, 1.82) is 0 Å². The summed E-state index contributed by atoms with van der Waals surface area (Å²) in [6.45, 7) is 0. The van der Waals surface area contributed by atoms with Crippen LogP contribution in [0.25, 0.3) is 11.3 Å². The number of nitrogens with one attached hydrogen (secondary N) is 1. The number of anilines is 1. The van der Waals surface area contributed by atoms with Crippen LogP contribution < -0.4 is 5.32 Å². The second kappa shape index (κ2) is 3.91. The molecular weight excluding hydrogens is 199 g/mol. The highest BCUT2D eigenvalue weighted by molar-refractivity contribution is 5.71. The SMILES string of the molecule is O=CNc1cc(-c2cccc(F)c2)no1. The van der Waals surface area contributed by atoms with E-state index in [1.54, 1.807) is 12.1 Å². The molecule has 1 aromatic carbocycles. The van der Waals surface area contributed by atoms with Crippen LogP contribution in [0, 0.1) is 5.82 Å². The molecule has 0 aliphatic carbocycles. The van der Waals surface area contributed by atoms with Crippen LogP contribution in [0.15, 0.2) is 34.9 Å². The molecule has 0 spiro atoms. The zero-order chi connectivity index (χ0) is 10.7. The minimum Gasteiger partial charge on any atom is -0.338 e. The smallest absolute Gasteiger partial charge is 0.231 e. The number of benzene rings is 1. The van der Waals surface area contributed by atoms with E-state index in [0.29, 0.717) is 17.7 Å². The van der Waals surface area contributed by atoms with Gasteiger partial charge in [-0.1, -0.05) is 17.3 Å². The number of nitrogens with zero attached hydrogens (tertiary/aromatic N) is 1. The van der Waals surface area contributed by atoms with Crippen molar-refractivity contribution < 1.29 is 13.7 Å². The predicted molar refractivity (Wildman–Crippen MR) is 51.6 cm³/mol. The fraction of sp³-hybridized carbons (Fsp3) is 0. The maximum Gasteiger partial charge on any atom is 0.231 e. The molecule has 76 valence electrons. The Bertz CT molecular complexity index is 482. The molecule has 1 amide bonds. The highest BCUT2D eigenvalue weighted by Gasteiger charge is 2.06. The van der Waals surface area contributed by atoms with Gasteiger partial charge in [-0.15, -0.1) is 0 Å². The number of halogens is 1. The third kappa shape index (κ3) is 2.01. The predicted octanol–water partition coefficient (Wildman–Crippen LogP) is 2.05. The first-order valence-corrected chi connectivity index (χ1v) is 4.22. The van der Waals surface area contributed by atoms with Crippen molar-refractivity contribution in [3.63, 3.8) is 0 Å². The Morgan fingerprint density at radius 2 is 2.27 bits per heavy atom. The average Bonchev–Trinajstić information content (AvgIpc) is 2.67. The molecule has 0 aliphatic heterocycles. The number of carbonyl (C=O) groups is 1. The molecule has 0 fully saturated rings. The first kappa shape index (κ1) is 9.39. The molecule has 5 heteroatoms. The molecule has 0 saturated heterocycles. The number of amides is 1. The second-order valence-electron chi connectivity index (χ2n) is 2.85. The van der Waals surface area contributed by atoms with Gasteiger partial charge < -0.3 is 4.52 Å². The third-order valence-corrected chi connectivity index (χ3v) is 1.83. The Morgan fingerprint density at radius 1 is 1.40 bits per heavy atom. The highest BCUT2D eigenvalue weighted by atomic mass is 19.1. The van der Waals surface area contributed by atoms with E-state index in [0.717, 1.165) is 0 Å². The van der Waals surface area contributed by atoms with E-state index in [2.05, 4.69) is 10.5 Å². The van der Waals surface area contributed by atoms with Gasteiger partial charge in [0.25, 0.3) is 0 Å². The van der Waals surface area contributed by atoms with Crippen LogP contribution in [-0.4, -0.2) is 11.6 Å². The standard InChI is InChI=1S/C10H7FN2O2/c11-8-3-1-2-7(4-8)9-5-10(12-6-14)15-13-9/h1-6H,(H,12,14). The van der Waals surface area contributed by atoms with Gasteiger partial charge >= 0.3 is 0 Å². The van der Waals surface area contributed by atoms with Crippen molar-refractivity contribution in [2.75, 3.05) is 5.32 Å². The van der Waals surface area contributed by atoms with Crippen LogP contribution in [0.4, 0.5) is 10.3 Å². The van der Waals surface area contributed by atoms with Gasteiger partial charge in [-0.3, -0.25) is 10.1 Å². The van der Waals surface area contributed by atoms with Crippen LogP contribution in [0.1, 0.15) is 0 Å². The fourth-order valence-corrected chi connectivity index (χ4v) is 1.19. The Balaban J connectivity index is 2.32. The quantitative estimate of drug-likeness (QED) is 0.782. The van der Waals surface area contributed by atoms with Crippen LogP contribution >= 0.6 is 0 Å². The van der Waals surface area contributed by atoms with Crippen molar-refractivity contribution >= 4 is 12.3 Å². The van der Waals surface area contributed by atoms with Crippen LogP contribution in [0.5, 0.6) is 0 Å². The van der Waals surface area contributed by atoms with Gasteiger partial charge in [0.15, 0.2) is 0 Å².